The van der Waals surface area contributed by atoms with Gasteiger partial charge in [0.1, 0.15) is 0 Å². The molecule has 1 aromatic heterocycles. The molecule has 0 radical (unpaired) electrons. The molecule has 5 nitrogen and oxygen atoms in total. The van der Waals surface area contributed by atoms with Gasteiger partial charge in [0.25, 0.3) is 0 Å². The van der Waals surface area contributed by atoms with E-state index < -0.39 is 10.0 Å². The highest BCUT2D eigenvalue weighted by molar-refractivity contribution is 9.10. The summed E-state index contributed by atoms with van der Waals surface area (Å²) in [6.07, 6.45) is 0. The summed E-state index contributed by atoms with van der Waals surface area (Å²) in [7, 11) is -3.50. The number of halogens is 1. The van der Waals surface area contributed by atoms with Crippen LogP contribution in [0.2, 0.25) is 0 Å². The molecule has 0 aliphatic carbocycles. The van der Waals surface area contributed by atoms with Crippen molar-refractivity contribution in [3.8, 4) is 11.3 Å². The molecule has 0 unspecified atom stereocenters. The van der Waals surface area contributed by atoms with E-state index in [1.54, 1.807) is 33.8 Å². The summed E-state index contributed by atoms with van der Waals surface area (Å²) in [5.74, 6) is 0. The van der Waals surface area contributed by atoms with E-state index >= 15 is 0 Å². The third-order valence-electron chi connectivity index (χ3n) is 4.77. The summed E-state index contributed by atoms with van der Waals surface area (Å²) in [5.41, 5.74) is 3.28. The molecule has 2 heterocycles. The fourth-order valence-electron chi connectivity index (χ4n) is 3.26. The maximum atomic E-state index is 12.9. The van der Waals surface area contributed by atoms with E-state index in [0.29, 0.717) is 35.5 Å². The molecule has 0 amide bonds. The van der Waals surface area contributed by atoms with Crippen molar-refractivity contribution < 1.29 is 8.42 Å². The third kappa shape index (κ3) is 3.87. The lowest BCUT2D eigenvalue weighted by atomic mass is 10.1. The van der Waals surface area contributed by atoms with Crippen LogP contribution < -0.4 is 4.90 Å². The molecule has 0 spiro atoms. The minimum absolute atomic E-state index is 0.319. The normalized spacial score (nSPS) is 15.7. The SMILES string of the molecule is Cc1cccc(-c2csc(N3CCN(S(=O)(=O)c4ccccc4Br)CC3)n2)c1. The molecule has 0 saturated carbocycles. The van der Waals surface area contributed by atoms with Gasteiger partial charge >= 0.3 is 0 Å². The van der Waals surface area contributed by atoms with Gasteiger partial charge in [-0.2, -0.15) is 4.31 Å². The maximum Gasteiger partial charge on any atom is 0.244 e. The third-order valence-corrected chi connectivity index (χ3v) is 8.58. The first kappa shape index (κ1) is 19.6. The molecule has 146 valence electrons. The summed E-state index contributed by atoms with van der Waals surface area (Å²) < 4.78 is 28.0. The van der Waals surface area contributed by atoms with E-state index in [2.05, 4.69) is 51.3 Å². The van der Waals surface area contributed by atoms with Gasteiger partial charge in [0, 0.05) is 41.6 Å². The first-order chi connectivity index (χ1) is 13.4. The van der Waals surface area contributed by atoms with Crippen molar-refractivity contribution in [1.29, 1.82) is 0 Å². The number of piperazine rings is 1. The minimum atomic E-state index is -3.50. The lowest BCUT2D eigenvalue weighted by molar-refractivity contribution is 0.384. The maximum absolute atomic E-state index is 12.9. The Morgan fingerprint density at radius 1 is 1.04 bits per heavy atom. The molecular formula is C20H20BrN3O2S2. The lowest BCUT2D eigenvalue weighted by Crippen LogP contribution is -2.48. The highest BCUT2D eigenvalue weighted by Crippen LogP contribution is 2.30. The summed E-state index contributed by atoms with van der Waals surface area (Å²) in [4.78, 5) is 7.26. The van der Waals surface area contributed by atoms with Crippen LogP contribution in [-0.4, -0.2) is 43.9 Å². The largest absolute Gasteiger partial charge is 0.345 e. The van der Waals surface area contributed by atoms with Gasteiger partial charge in [-0.1, -0.05) is 35.9 Å². The number of hydrogen-bond acceptors (Lipinski definition) is 5. The number of anilines is 1. The van der Waals surface area contributed by atoms with Gasteiger partial charge in [-0.05, 0) is 41.1 Å². The van der Waals surface area contributed by atoms with Crippen LogP contribution in [0.5, 0.6) is 0 Å². The van der Waals surface area contributed by atoms with Crippen LogP contribution in [-0.2, 0) is 10.0 Å². The summed E-state index contributed by atoms with van der Waals surface area (Å²) in [6, 6.07) is 15.3. The second kappa shape index (κ2) is 7.94. The van der Waals surface area contributed by atoms with Crippen molar-refractivity contribution in [2.45, 2.75) is 11.8 Å². The smallest absolute Gasteiger partial charge is 0.244 e. The molecule has 2 aromatic carbocycles. The van der Waals surface area contributed by atoms with Crippen LogP contribution in [0, 0.1) is 6.92 Å². The van der Waals surface area contributed by atoms with Crippen LogP contribution in [0.25, 0.3) is 11.3 Å². The number of sulfonamides is 1. The standard InChI is InChI=1S/C20H20BrN3O2S2/c1-15-5-4-6-16(13-15)18-14-27-20(22-18)23-9-11-24(12-10-23)28(25,26)19-8-3-2-7-17(19)21/h2-8,13-14H,9-12H2,1H3. The van der Waals surface area contributed by atoms with Gasteiger partial charge in [-0.3, -0.25) is 0 Å². The number of nitrogens with zero attached hydrogens (tertiary/aromatic N) is 3. The molecule has 1 aliphatic heterocycles. The quantitative estimate of drug-likeness (QED) is 0.558. The molecular weight excluding hydrogens is 458 g/mol. The summed E-state index contributed by atoms with van der Waals surface area (Å²) in [5, 5.41) is 3.00. The zero-order chi connectivity index (χ0) is 19.7. The number of aryl methyl sites for hydroxylation is 1. The van der Waals surface area contributed by atoms with Crippen LogP contribution in [0.15, 0.2) is 63.3 Å². The Hall–Kier alpha value is -1.74. The molecule has 1 saturated heterocycles. The lowest BCUT2D eigenvalue weighted by Gasteiger charge is -2.33. The molecule has 28 heavy (non-hydrogen) atoms. The fourth-order valence-corrected chi connectivity index (χ4v) is 6.53. The molecule has 8 heteroatoms. The number of aromatic nitrogens is 1. The second-order valence-electron chi connectivity index (χ2n) is 6.71. The number of rotatable bonds is 4. The molecule has 1 aliphatic rings. The van der Waals surface area contributed by atoms with Gasteiger partial charge < -0.3 is 4.90 Å². The first-order valence-corrected chi connectivity index (χ1v) is 12.1. The zero-order valence-corrected chi connectivity index (χ0v) is 18.6. The first-order valence-electron chi connectivity index (χ1n) is 8.97. The topological polar surface area (TPSA) is 53.5 Å². The predicted molar refractivity (Wildman–Crippen MR) is 117 cm³/mol. The van der Waals surface area contributed by atoms with Crippen molar-refractivity contribution in [2.24, 2.45) is 0 Å². The Labute approximate surface area is 177 Å². The van der Waals surface area contributed by atoms with Crippen LogP contribution in [0.1, 0.15) is 5.56 Å². The molecule has 3 aromatic rings. The Bertz CT molecular complexity index is 1090. The van der Waals surface area contributed by atoms with Crippen molar-refractivity contribution in [1.82, 2.24) is 9.29 Å². The Kier molecular flexibility index (Phi) is 5.55. The average molecular weight is 478 g/mol. The highest BCUT2D eigenvalue weighted by Gasteiger charge is 2.30. The summed E-state index contributed by atoms with van der Waals surface area (Å²) in [6.45, 7) is 4.22. The van der Waals surface area contributed by atoms with Gasteiger partial charge in [0.2, 0.25) is 10.0 Å². The monoisotopic (exact) mass is 477 g/mol. The second-order valence-corrected chi connectivity index (χ2v) is 10.3. The van der Waals surface area contributed by atoms with Crippen molar-refractivity contribution in [2.75, 3.05) is 31.1 Å². The van der Waals surface area contributed by atoms with E-state index in [9.17, 15) is 8.42 Å². The molecule has 0 atom stereocenters. The highest BCUT2D eigenvalue weighted by atomic mass is 79.9. The molecule has 0 N–H and O–H groups in total. The van der Waals surface area contributed by atoms with E-state index in [1.165, 1.54) is 5.56 Å². The van der Waals surface area contributed by atoms with E-state index in [0.717, 1.165) is 16.4 Å². The van der Waals surface area contributed by atoms with E-state index in [1.807, 2.05) is 12.1 Å². The van der Waals surface area contributed by atoms with Gasteiger partial charge in [0.15, 0.2) is 5.13 Å². The number of hydrogen-bond donors (Lipinski definition) is 0. The zero-order valence-electron chi connectivity index (χ0n) is 15.4. The Morgan fingerprint density at radius 2 is 1.79 bits per heavy atom. The van der Waals surface area contributed by atoms with Crippen molar-refractivity contribution >= 4 is 42.4 Å². The summed E-state index contributed by atoms with van der Waals surface area (Å²) >= 11 is 4.96. The van der Waals surface area contributed by atoms with Crippen LogP contribution >= 0.6 is 27.3 Å². The Balaban J connectivity index is 1.47. The van der Waals surface area contributed by atoms with Crippen molar-refractivity contribution in [3.63, 3.8) is 0 Å². The number of benzene rings is 2. The minimum Gasteiger partial charge on any atom is -0.345 e. The van der Waals surface area contributed by atoms with Crippen LogP contribution in [0.4, 0.5) is 5.13 Å². The van der Waals surface area contributed by atoms with Gasteiger partial charge in [-0.15, -0.1) is 11.3 Å². The van der Waals surface area contributed by atoms with Crippen molar-refractivity contribution in [3.05, 3.63) is 63.9 Å². The van der Waals surface area contributed by atoms with Gasteiger partial charge in [-0.25, -0.2) is 13.4 Å². The van der Waals surface area contributed by atoms with Crippen LogP contribution in [0.3, 0.4) is 0 Å². The van der Waals surface area contributed by atoms with E-state index in [4.69, 9.17) is 4.98 Å². The fraction of sp³-hybridized carbons (Fsp3) is 0.250. The number of thiazole rings is 1. The molecule has 1 fully saturated rings. The average Bonchev–Trinajstić information content (AvgIpc) is 3.19. The predicted octanol–water partition coefficient (Wildman–Crippen LogP) is 4.39. The Morgan fingerprint density at radius 3 is 2.50 bits per heavy atom. The van der Waals surface area contributed by atoms with E-state index in [-0.39, 0.29) is 0 Å². The van der Waals surface area contributed by atoms with Gasteiger partial charge in [0.05, 0.1) is 10.6 Å². The molecule has 0 bridgehead atoms. The molecule has 4 rings (SSSR count).